The summed E-state index contributed by atoms with van der Waals surface area (Å²) in [4.78, 5) is 0. The first-order chi connectivity index (χ1) is 8.62. The summed E-state index contributed by atoms with van der Waals surface area (Å²) in [5.41, 5.74) is 2.39. The predicted molar refractivity (Wildman–Crippen MR) is 75.9 cm³/mol. The van der Waals surface area contributed by atoms with Gasteiger partial charge < -0.3 is 15.1 Å². The van der Waals surface area contributed by atoms with Crippen molar-refractivity contribution in [2.45, 2.75) is 25.8 Å². The topological polar surface area (TPSA) is 37.2 Å². The SMILES string of the molecule is CNC(C)(C)CNCCc1coc2ccccc12. The Morgan fingerprint density at radius 3 is 2.78 bits per heavy atom. The van der Waals surface area contributed by atoms with Gasteiger partial charge in [0, 0.05) is 17.5 Å². The second-order valence-corrected chi connectivity index (χ2v) is 5.32. The molecule has 3 heteroatoms. The molecule has 0 radical (unpaired) electrons. The lowest BCUT2D eigenvalue weighted by Gasteiger charge is -2.24. The van der Waals surface area contributed by atoms with Gasteiger partial charge in [-0.3, -0.25) is 0 Å². The molecule has 0 saturated heterocycles. The molecule has 0 bridgehead atoms. The van der Waals surface area contributed by atoms with Gasteiger partial charge in [0.05, 0.1) is 6.26 Å². The third-order valence-corrected chi connectivity index (χ3v) is 3.38. The van der Waals surface area contributed by atoms with Gasteiger partial charge in [0.15, 0.2) is 0 Å². The van der Waals surface area contributed by atoms with Crippen molar-refractivity contribution in [2.75, 3.05) is 20.1 Å². The molecule has 3 nitrogen and oxygen atoms in total. The molecule has 0 aliphatic heterocycles. The summed E-state index contributed by atoms with van der Waals surface area (Å²) >= 11 is 0. The third-order valence-electron chi connectivity index (χ3n) is 3.38. The summed E-state index contributed by atoms with van der Waals surface area (Å²) in [7, 11) is 1.99. The minimum Gasteiger partial charge on any atom is -0.464 e. The van der Waals surface area contributed by atoms with Gasteiger partial charge in [-0.05, 0) is 45.5 Å². The molecule has 0 fully saturated rings. The molecule has 1 aromatic carbocycles. The molecule has 2 rings (SSSR count). The monoisotopic (exact) mass is 246 g/mol. The quantitative estimate of drug-likeness (QED) is 0.769. The number of likely N-dealkylation sites (N-methyl/N-ethyl adjacent to an activating group) is 1. The first-order valence-corrected chi connectivity index (χ1v) is 6.47. The van der Waals surface area contributed by atoms with E-state index in [0.29, 0.717) is 0 Å². The molecule has 0 unspecified atom stereocenters. The zero-order chi connectivity index (χ0) is 13.0. The fourth-order valence-electron chi connectivity index (χ4n) is 1.94. The van der Waals surface area contributed by atoms with Gasteiger partial charge in [-0.25, -0.2) is 0 Å². The molecule has 18 heavy (non-hydrogen) atoms. The summed E-state index contributed by atoms with van der Waals surface area (Å²) in [6, 6.07) is 8.18. The maximum atomic E-state index is 5.53. The molecule has 0 aliphatic rings. The Bertz CT molecular complexity index is 502. The number of fused-ring (bicyclic) bond motifs is 1. The van der Waals surface area contributed by atoms with Gasteiger partial charge in [-0.1, -0.05) is 18.2 Å². The summed E-state index contributed by atoms with van der Waals surface area (Å²) in [5, 5.41) is 7.99. The number of hydrogen-bond donors (Lipinski definition) is 2. The Morgan fingerprint density at radius 2 is 2.00 bits per heavy atom. The van der Waals surface area contributed by atoms with E-state index in [9.17, 15) is 0 Å². The molecule has 1 aromatic heterocycles. The largest absolute Gasteiger partial charge is 0.464 e. The fraction of sp³-hybridized carbons (Fsp3) is 0.467. The first-order valence-electron chi connectivity index (χ1n) is 6.47. The normalized spacial score (nSPS) is 12.2. The van der Waals surface area contributed by atoms with Crippen molar-refractivity contribution in [1.82, 2.24) is 10.6 Å². The number of benzene rings is 1. The molecule has 98 valence electrons. The molecule has 0 aliphatic carbocycles. The van der Waals surface area contributed by atoms with Crippen LogP contribution in [0.4, 0.5) is 0 Å². The zero-order valence-corrected chi connectivity index (χ0v) is 11.4. The van der Waals surface area contributed by atoms with Gasteiger partial charge >= 0.3 is 0 Å². The fourth-order valence-corrected chi connectivity index (χ4v) is 1.94. The van der Waals surface area contributed by atoms with Crippen molar-refractivity contribution >= 4 is 11.0 Å². The van der Waals surface area contributed by atoms with E-state index in [2.05, 4.69) is 36.6 Å². The minimum atomic E-state index is 0.137. The Hall–Kier alpha value is -1.32. The van der Waals surface area contributed by atoms with E-state index in [4.69, 9.17) is 4.42 Å². The summed E-state index contributed by atoms with van der Waals surface area (Å²) in [6.45, 7) is 6.30. The second kappa shape index (κ2) is 5.55. The molecule has 0 amide bonds. The van der Waals surface area contributed by atoms with Crippen LogP contribution in [0.15, 0.2) is 34.9 Å². The summed E-state index contributed by atoms with van der Waals surface area (Å²) in [5.74, 6) is 0. The van der Waals surface area contributed by atoms with E-state index in [-0.39, 0.29) is 5.54 Å². The van der Waals surface area contributed by atoms with Gasteiger partial charge in [0.1, 0.15) is 5.58 Å². The third kappa shape index (κ3) is 3.12. The average molecular weight is 246 g/mol. The minimum absolute atomic E-state index is 0.137. The molecule has 0 atom stereocenters. The van der Waals surface area contributed by atoms with Crippen molar-refractivity contribution in [1.29, 1.82) is 0 Å². The van der Waals surface area contributed by atoms with Crippen molar-refractivity contribution in [2.24, 2.45) is 0 Å². The number of hydrogen-bond acceptors (Lipinski definition) is 3. The number of rotatable bonds is 6. The van der Waals surface area contributed by atoms with E-state index in [1.165, 1.54) is 10.9 Å². The molecular formula is C15H22N2O. The van der Waals surface area contributed by atoms with Crippen molar-refractivity contribution in [3.63, 3.8) is 0 Å². The lowest BCUT2D eigenvalue weighted by atomic mass is 10.1. The number of furan rings is 1. The molecular weight excluding hydrogens is 224 g/mol. The highest BCUT2D eigenvalue weighted by molar-refractivity contribution is 5.80. The van der Waals surface area contributed by atoms with Gasteiger partial charge in [0.25, 0.3) is 0 Å². The predicted octanol–water partition coefficient (Wildman–Crippen LogP) is 2.56. The average Bonchev–Trinajstić information content (AvgIpc) is 2.78. The van der Waals surface area contributed by atoms with Crippen molar-refractivity contribution < 1.29 is 4.42 Å². The van der Waals surface area contributed by atoms with E-state index < -0.39 is 0 Å². The van der Waals surface area contributed by atoms with E-state index >= 15 is 0 Å². The molecule has 1 heterocycles. The van der Waals surface area contributed by atoms with E-state index in [0.717, 1.165) is 25.1 Å². The van der Waals surface area contributed by atoms with Crippen LogP contribution in [-0.4, -0.2) is 25.7 Å². The highest BCUT2D eigenvalue weighted by Gasteiger charge is 2.13. The lowest BCUT2D eigenvalue weighted by molar-refractivity contribution is 0.395. The van der Waals surface area contributed by atoms with Crippen LogP contribution < -0.4 is 10.6 Å². The van der Waals surface area contributed by atoms with Gasteiger partial charge in [-0.15, -0.1) is 0 Å². The maximum Gasteiger partial charge on any atom is 0.134 e. The van der Waals surface area contributed by atoms with Crippen LogP contribution in [0.3, 0.4) is 0 Å². The molecule has 2 aromatic rings. The van der Waals surface area contributed by atoms with Crippen molar-refractivity contribution in [3.8, 4) is 0 Å². The Labute approximate surface area is 109 Å². The van der Waals surface area contributed by atoms with Crippen LogP contribution in [0.1, 0.15) is 19.4 Å². The highest BCUT2D eigenvalue weighted by Crippen LogP contribution is 2.20. The Balaban J connectivity index is 1.87. The lowest BCUT2D eigenvalue weighted by Crippen LogP contribution is -2.46. The highest BCUT2D eigenvalue weighted by atomic mass is 16.3. The molecule has 0 spiro atoms. The Kier molecular flexibility index (Phi) is 4.04. The van der Waals surface area contributed by atoms with E-state index in [1.807, 2.05) is 25.4 Å². The van der Waals surface area contributed by atoms with Gasteiger partial charge in [-0.2, -0.15) is 0 Å². The van der Waals surface area contributed by atoms with Crippen LogP contribution >= 0.6 is 0 Å². The maximum absolute atomic E-state index is 5.53. The smallest absolute Gasteiger partial charge is 0.134 e. The standard InChI is InChI=1S/C15H22N2O/c1-15(2,16-3)11-17-9-8-12-10-18-14-7-5-4-6-13(12)14/h4-7,10,16-17H,8-9,11H2,1-3H3. The molecule has 0 saturated carbocycles. The van der Waals surface area contributed by atoms with Gasteiger partial charge in [0.2, 0.25) is 0 Å². The number of nitrogens with one attached hydrogen (secondary N) is 2. The summed E-state index contributed by atoms with van der Waals surface area (Å²) in [6.07, 6.45) is 2.87. The Morgan fingerprint density at radius 1 is 1.22 bits per heavy atom. The molecule has 2 N–H and O–H groups in total. The number of para-hydroxylation sites is 1. The van der Waals surface area contributed by atoms with E-state index in [1.54, 1.807) is 0 Å². The van der Waals surface area contributed by atoms with Crippen LogP contribution in [0.25, 0.3) is 11.0 Å². The van der Waals surface area contributed by atoms with Crippen LogP contribution in [0.5, 0.6) is 0 Å². The summed E-state index contributed by atoms with van der Waals surface area (Å²) < 4.78 is 5.53. The van der Waals surface area contributed by atoms with Crippen LogP contribution in [0, 0.1) is 0 Å². The van der Waals surface area contributed by atoms with Crippen LogP contribution in [-0.2, 0) is 6.42 Å². The van der Waals surface area contributed by atoms with Crippen molar-refractivity contribution in [3.05, 3.63) is 36.1 Å². The second-order valence-electron chi connectivity index (χ2n) is 5.32. The van der Waals surface area contributed by atoms with Crippen LogP contribution in [0.2, 0.25) is 0 Å². The zero-order valence-electron chi connectivity index (χ0n) is 11.4. The first kappa shape index (κ1) is 13.1.